The summed E-state index contributed by atoms with van der Waals surface area (Å²) >= 11 is 0. The van der Waals surface area contributed by atoms with Crippen LogP contribution in [0.15, 0.2) is 24.3 Å². The Morgan fingerprint density at radius 2 is 2.00 bits per heavy atom. The third-order valence-corrected chi connectivity index (χ3v) is 3.51. The molecule has 4 atom stereocenters. The number of Topliss-reactive ketones (excluding diaryl/α,β-unsaturated/α-hetero) is 1. The van der Waals surface area contributed by atoms with Gasteiger partial charge in [-0.05, 0) is 6.07 Å². The lowest BCUT2D eigenvalue weighted by atomic mass is 10.0. The molecular weight excluding hydrogens is 280 g/mol. The van der Waals surface area contributed by atoms with Crippen LogP contribution in [-0.2, 0) is 23.8 Å². The van der Waals surface area contributed by atoms with Crippen LogP contribution in [0.4, 0.5) is 0 Å². The summed E-state index contributed by atoms with van der Waals surface area (Å²) in [4.78, 5) is 23.1. The largest absolute Gasteiger partial charge is 0.496 e. The predicted molar refractivity (Wildman–Crippen MR) is 67.5 cm³/mol. The lowest BCUT2D eigenvalue weighted by Crippen LogP contribution is -2.48. The van der Waals surface area contributed by atoms with Crippen LogP contribution in [0.25, 0.3) is 0 Å². The van der Waals surface area contributed by atoms with E-state index in [1.165, 1.54) is 7.11 Å². The van der Waals surface area contributed by atoms with E-state index in [-0.39, 0.29) is 0 Å². The van der Waals surface area contributed by atoms with Crippen LogP contribution in [0.5, 0.6) is 5.75 Å². The minimum Gasteiger partial charge on any atom is -0.496 e. The first-order valence-corrected chi connectivity index (χ1v) is 6.45. The summed E-state index contributed by atoms with van der Waals surface area (Å²) in [6, 6.07) is 6.99. The molecule has 2 saturated heterocycles. The van der Waals surface area contributed by atoms with E-state index in [4.69, 9.17) is 18.9 Å². The number of para-hydroxylation sites is 1. The Morgan fingerprint density at radius 3 is 2.71 bits per heavy atom. The van der Waals surface area contributed by atoms with Crippen molar-refractivity contribution in [3.63, 3.8) is 0 Å². The van der Waals surface area contributed by atoms with Gasteiger partial charge in [-0.25, -0.2) is 4.79 Å². The molecule has 2 heterocycles. The predicted octanol–water partition coefficient (Wildman–Crippen LogP) is -0.0354. The van der Waals surface area contributed by atoms with Gasteiger partial charge >= 0.3 is 5.97 Å². The first kappa shape index (κ1) is 14.0. The molecule has 0 saturated carbocycles. The van der Waals surface area contributed by atoms with Crippen molar-refractivity contribution in [3.8, 4) is 5.75 Å². The van der Waals surface area contributed by atoms with E-state index in [9.17, 15) is 14.7 Å². The van der Waals surface area contributed by atoms with Gasteiger partial charge in [0.2, 0.25) is 0 Å². The highest BCUT2D eigenvalue weighted by molar-refractivity contribution is 6.37. The Morgan fingerprint density at radius 1 is 1.24 bits per heavy atom. The summed E-state index contributed by atoms with van der Waals surface area (Å²) < 4.78 is 21.3. The number of aliphatic hydroxyl groups is 1. The first-order chi connectivity index (χ1) is 10.2. The molecule has 2 aliphatic heterocycles. The number of aliphatic hydroxyl groups excluding tert-OH is 1. The number of hydrogen-bond donors (Lipinski definition) is 1. The third-order valence-electron chi connectivity index (χ3n) is 3.51. The Labute approximate surface area is 120 Å². The van der Waals surface area contributed by atoms with E-state index in [1.807, 2.05) is 0 Å². The van der Waals surface area contributed by atoms with Crippen LogP contribution in [0.3, 0.4) is 0 Å². The average molecular weight is 294 g/mol. The smallest absolute Gasteiger partial charge is 0.378 e. The van der Waals surface area contributed by atoms with Crippen molar-refractivity contribution in [3.05, 3.63) is 29.8 Å². The number of fused-ring (bicyclic) bond motifs is 1. The second kappa shape index (κ2) is 5.44. The molecule has 0 aromatic heterocycles. The second-order valence-corrected chi connectivity index (χ2v) is 4.72. The molecule has 0 aliphatic carbocycles. The Bertz CT molecular complexity index is 570. The van der Waals surface area contributed by atoms with Gasteiger partial charge in [-0.1, -0.05) is 18.2 Å². The fourth-order valence-electron chi connectivity index (χ4n) is 2.48. The van der Waals surface area contributed by atoms with Gasteiger partial charge in [0, 0.05) is 5.56 Å². The number of carbonyl (C=O) groups is 2. The standard InChI is InChI=1S/C14H14O7/c1-18-8-5-3-2-4-7(8)14-19-9(6-15)11-12(21-14)10(16)13(17)20-11/h2-5,9,11-12,14-15H,6H2,1H3/t9-,11+,12+,14?/m0/s1. The zero-order valence-electron chi connectivity index (χ0n) is 11.2. The minimum absolute atomic E-state index is 0.392. The number of methoxy groups -OCH3 is 1. The molecular formula is C14H14O7. The molecule has 1 unspecified atom stereocenters. The molecule has 7 heteroatoms. The highest BCUT2D eigenvalue weighted by Gasteiger charge is 2.53. The zero-order valence-corrected chi connectivity index (χ0v) is 11.2. The van der Waals surface area contributed by atoms with Gasteiger partial charge in [-0.3, -0.25) is 4.79 Å². The number of rotatable bonds is 3. The van der Waals surface area contributed by atoms with Crippen molar-refractivity contribution in [2.75, 3.05) is 13.7 Å². The summed E-state index contributed by atoms with van der Waals surface area (Å²) in [5.41, 5.74) is 0.573. The highest BCUT2D eigenvalue weighted by Crippen LogP contribution is 2.37. The molecule has 0 amide bonds. The van der Waals surface area contributed by atoms with Gasteiger partial charge in [0.15, 0.2) is 18.5 Å². The molecule has 0 radical (unpaired) electrons. The maximum atomic E-state index is 11.8. The van der Waals surface area contributed by atoms with Gasteiger partial charge in [0.25, 0.3) is 5.78 Å². The Balaban J connectivity index is 1.91. The summed E-state index contributed by atoms with van der Waals surface area (Å²) in [5, 5.41) is 9.39. The zero-order chi connectivity index (χ0) is 15.0. The van der Waals surface area contributed by atoms with Crippen LogP contribution >= 0.6 is 0 Å². The third kappa shape index (κ3) is 2.29. The van der Waals surface area contributed by atoms with Gasteiger partial charge in [-0.15, -0.1) is 0 Å². The molecule has 7 nitrogen and oxygen atoms in total. The van der Waals surface area contributed by atoms with Gasteiger partial charge in [-0.2, -0.15) is 0 Å². The SMILES string of the molecule is COc1ccccc1C1O[C@@H](CO)[C@H]2OC(=O)C(=O)[C@H]2O1. The van der Waals surface area contributed by atoms with Crippen molar-refractivity contribution in [2.24, 2.45) is 0 Å². The maximum absolute atomic E-state index is 11.8. The number of esters is 1. The van der Waals surface area contributed by atoms with E-state index in [1.54, 1.807) is 24.3 Å². The second-order valence-electron chi connectivity index (χ2n) is 4.72. The topological polar surface area (TPSA) is 91.3 Å². The van der Waals surface area contributed by atoms with E-state index in [0.29, 0.717) is 11.3 Å². The molecule has 1 aromatic carbocycles. The van der Waals surface area contributed by atoms with Crippen molar-refractivity contribution in [1.29, 1.82) is 0 Å². The van der Waals surface area contributed by atoms with Crippen molar-refractivity contribution >= 4 is 11.8 Å². The lowest BCUT2D eigenvalue weighted by molar-refractivity contribution is -0.277. The van der Waals surface area contributed by atoms with Gasteiger partial charge in [0.05, 0.1) is 13.7 Å². The molecule has 2 aliphatic rings. The maximum Gasteiger partial charge on any atom is 0.378 e. The Kier molecular flexibility index (Phi) is 3.62. The van der Waals surface area contributed by atoms with Crippen LogP contribution in [0, 0.1) is 0 Å². The van der Waals surface area contributed by atoms with E-state index in [2.05, 4.69) is 0 Å². The van der Waals surface area contributed by atoms with Crippen LogP contribution in [0.2, 0.25) is 0 Å². The van der Waals surface area contributed by atoms with Crippen LogP contribution in [0.1, 0.15) is 11.9 Å². The molecule has 0 spiro atoms. The van der Waals surface area contributed by atoms with Crippen LogP contribution < -0.4 is 4.74 Å². The molecule has 0 bridgehead atoms. The number of ketones is 1. The summed E-state index contributed by atoms with van der Waals surface area (Å²) in [7, 11) is 1.50. The molecule has 1 N–H and O–H groups in total. The van der Waals surface area contributed by atoms with Crippen molar-refractivity contribution < 1.29 is 33.6 Å². The molecule has 1 aromatic rings. The highest BCUT2D eigenvalue weighted by atomic mass is 16.7. The van der Waals surface area contributed by atoms with Gasteiger partial charge in [0.1, 0.15) is 11.9 Å². The van der Waals surface area contributed by atoms with Crippen LogP contribution in [-0.4, -0.2) is 48.9 Å². The fraction of sp³-hybridized carbons (Fsp3) is 0.429. The van der Waals surface area contributed by atoms with E-state index in [0.717, 1.165) is 0 Å². The fourth-order valence-corrected chi connectivity index (χ4v) is 2.48. The summed E-state index contributed by atoms with van der Waals surface area (Å²) in [6.07, 6.45) is -3.73. The van der Waals surface area contributed by atoms with E-state index < -0.39 is 43.0 Å². The number of ether oxygens (including phenoxy) is 4. The van der Waals surface area contributed by atoms with Gasteiger partial charge < -0.3 is 24.1 Å². The van der Waals surface area contributed by atoms with E-state index >= 15 is 0 Å². The summed E-state index contributed by atoms with van der Waals surface area (Å²) in [6.45, 7) is -0.392. The monoisotopic (exact) mass is 294 g/mol. The first-order valence-electron chi connectivity index (χ1n) is 6.45. The Hall–Kier alpha value is -1.96. The quantitative estimate of drug-likeness (QED) is 0.618. The van der Waals surface area contributed by atoms with Crippen molar-refractivity contribution in [2.45, 2.75) is 24.6 Å². The normalized spacial score (nSPS) is 31.7. The molecule has 3 rings (SSSR count). The number of hydrogen-bond acceptors (Lipinski definition) is 7. The average Bonchev–Trinajstić information content (AvgIpc) is 2.81. The molecule has 112 valence electrons. The molecule has 21 heavy (non-hydrogen) atoms. The number of carbonyl (C=O) groups excluding carboxylic acids is 2. The number of benzene rings is 1. The minimum atomic E-state index is -1.07. The summed E-state index contributed by atoms with van der Waals surface area (Å²) in [5.74, 6) is -1.20. The van der Waals surface area contributed by atoms with Crippen molar-refractivity contribution in [1.82, 2.24) is 0 Å². The molecule has 2 fully saturated rings. The lowest BCUT2D eigenvalue weighted by Gasteiger charge is -2.36.